The Morgan fingerprint density at radius 1 is 0.792 bits per heavy atom. The fourth-order valence-corrected chi connectivity index (χ4v) is 7.08. The monoisotopic (exact) mass is 660 g/mol. The lowest BCUT2D eigenvalue weighted by Crippen LogP contribution is -2.40. The Labute approximate surface area is 287 Å². The van der Waals surface area contributed by atoms with Gasteiger partial charge in [0.15, 0.2) is 11.4 Å². The van der Waals surface area contributed by atoms with E-state index in [9.17, 15) is 14.7 Å². The van der Waals surface area contributed by atoms with Crippen LogP contribution >= 0.6 is 12.6 Å². The average Bonchev–Trinajstić information content (AvgIpc) is 3.10. The quantitative estimate of drug-likeness (QED) is 0.0685. The summed E-state index contributed by atoms with van der Waals surface area (Å²) in [6, 6.07) is 26.9. The van der Waals surface area contributed by atoms with Gasteiger partial charge in [0.2, 0.25) is 0 Å². The van der Waals surface area contributed by atoms with Gasteiger partial charge in [0.25, 0.3) is 0 Å². The number of fused-ring (bicyclic) bond motifs is 4. The molecule has 0 aromatic heterocycles. The minimum Gasteiger partial charge on any atom is -0.457 e. The minimum atomic E-state index is -1.22. The molecule has 0 fully saturated rings. The van der Waals surface area contributed by atoms with E-state index < -0.39 is 17.2 Å². The maximum Gasteiger partial charge on any atom is 0.334 e. The molecule has 6 rings (SSSR count). The fourth-order valence-electron chi connectivity index (χ4n) is 6.92. The molecule has 0 radical (unpaired) electrons. The van der Waals surface area contributed by atoms with Crippen LogP contribution in [0.4, 0.5) is 0 Å². The van der Waals surface area contributed by atoms with Gasteiger partial charge in [-0.1, -0.05) is 73.3 Å². The van der Waals surface area contributed by atoms with E-state index in [0.717, 1.165) is 27.8 Å². The lowest BCUT2D eigenvalue weighted by molar-refractivity contribution is -0.152. The normalized spacial score (nSPS) is 18.9. The largest absolute Gasteiger partial charge is 0.457 e. The van der Waals surface area contributed by atoms with Gasteiger partial charge >= 0.3 is 5.97 Å². The van der Waals surface area contributed by atoms with Crippen LogP contribution in [-0.2, 0) is 25.5 Å². The van der Waals surface area contributed by atoms with Crippen molar-refractivity contribution in [2.75, 3.05) is 19.0 Å². The Bertz CT molecular complexity index is 1930. The number of ether oxygens (including phenoxy) is 3. The summed E-state index contributed by atoms with van der Waals surface area (Å²) in [5.74, 6) is 1.30. The van der Waals surface area contributed by atoms with Crippen LogP contribution in [0.5, 0.6) is 11.5 Å². The van der Waals surface area contributed by atoms with Crippen molar-refractivity contribution in [3.63, 3.8) is 0 Å². The van der Waals surface area contributed by atoms with Crippen LogP contribution in [0.3, 0.4) is 0 Å². The van der Waals surface area contributed by atoms with Crippen LogP contribution in [0.2, 0.25) is 0 Å². The highest BCUT2D eigenvalue weighted by molar-refractivity contribution is 7.80. The van der Waals surface area contributed by atoms with Crippen molar-refractivity contribution >= 4 is 24.4 Å². The smallest absolute Gasteiger partial charge is 0.334 e. The lowest BCUT2D eigenvalue weighted by atomic mass is 9.71. The van der Waals surface area contributed by atoms with Gasteiger partial charge in [-0.2, -0.15) is 12.6 Å². The molecule has 1 aliphatic heterocycles. The minimum absolute atomic E-state index is 0.00776. The third kappa shape index (κ3) is 5.80. The van der Waals surface area contributed by atoms with Crippen molar-refractivity contribution in [3.8, 4) is 22.6 Å². The number of thiol groups is 1. The molecule has 1 aliphatic carbocycles. The summed E-state index contributed by atoms with van der Waals surface area (Å²) >= 11 is 4.49. The molecule has 4 aromatic carbocycles. The first-order valence-electron chi connectivity index (χ1n) is 16.2. The van der Waals surface area contributed by atoms with E-state index >= 15 is 0 Å². The molecule has 7 heteroatoms. The number of esters is 1. The predicted molar refractivity (Wildman–Crippen MR) is 191 cm³/mol. The summed E-state index contributed by atoms with van der Waals surface area (Å²) in [5.41, 5.74) is 4.73. The van der Waals surface area contributed by atoms with Gasteiger partial charge in [0, 0.05) is 45.6 Å². The molecule has 0 saturated heterocycles. The third-order valence-corrected chi connectivity index (χ3v) is 9.47. The predicted octanol–water partition coefficient (Wildman–Crippen LogP) is 8.69. The zero-order valence-electron chi connectivity index (χ0n) is 27.4. The van der Waals surface area contributed by atoms with Crippen molar-refractivity contribution in [1.82, 2.24) is 0 Å². The molecule has 1 N–H and O–H groups in total. The van der Waals surface area contributed by atoms with Gasteiger partial charge in [-0.05, 0) is 86.7 Å². The van der Waals surface area contributed by atoms with E-state index in [1.165, 1.54) is 0 Å². The van der Waals surface area contributed by atoms with Gasteiger partial charge in [-0.25, -0.2) is 4.79 Å². The van der Waals surface area contributed by atoms with Crippen molar-refractivity contribution in [1.29, 1.82) is 0 Å². The van der Waals surface area contributed by atoms with Crippen molar-refractivity contribution in [3.05, 3.63) is 143 Å². The van der Waals surface area contributed by atoms with Gasteiger partial charge < -0.3 is 19.3 Å². The molecular weight excluding hydrogens is 621 g/mol. The first-order chi connectivity index (χ1) is 23.1. The number of aliphatic hydroxyl groups is 1. The Morgan fingerprint density at radius 2 is 1.42 bits per heavy atom. The van der Waals surface area contributed by atoms with E-state index in [1.54, 1.807) is 13.0 Å². The number of hydrogen-bond donors (Lipinski definition) is 2. The van der Waals surface area contributed by atoms with E-state index in [4.69, 9.17) is 14.2 Å². The maximum absolute atomic E-state index is 13.9. The Morgan fingerprint density at radius 3 is 2.12 bits per heavy atom. The highest BCUT2D eigenvalue weighted by Crippen LogP contribution is 2.53. The molecule has 1 heterocycles. The van der Waals surface area contributed by atoms with Gasteiger partial charge in [-0.15, -0.1) is 0 Å². The number of carbonyl (C=O) groups is 2. The Balaban J connectivity index is 1.55. The summed E-state index contributed by atoms with van der Waals surface area (Å²) in [5, 5.41) is 9.95. The van der Waals surface area contributed by atoms with Crippen LogP contribution in [0.1, 0.15) is 77.7 Å². The number of para-hydroxylation sites is 1. The first-order valence-corrected chi connectivity index (χ1v) is 16.9. The molecule has 0 amide bonds. The van der Waals surface area contributed by atoms with Crippen LogP contribution in [0, 0.1) is 0 Å². The Hall–Kier alpha value is -4.43. The van der Waals surface area contributed by atoms with E-state index in [1.807, 2.05) is 79.7 Å². The topological polar surface area (TPSA) is 82.1 Å². The average molecular weight is 661 g/mol. The number of benzene rings is 4. The second-order valence-electron chi connectivity index (χ2n) is 12.7. The zero-order valence-corrected chi connectivity index (χ0v) is 28.3. The molecule has 6 nitrogen and oxygen atoms in total. The summed E-state index contributed by atoms with van der Waals surface area (Å²) in [7, 11) is 0. The fraction of sp³-hybridized carbons (Fsp3) is 0.268. The zero-order chi connectivity index (χ0) is 34.1. The molecular formula is C41H40O6S. The number of rotatable bonds is 12. The molecule has 0 bridgehead atoms. The number of ketones is 1. The molecule has 0 saturated carbocycles. The highest BCUT2D eigenvalue weighted by atomic mass is 32.1. The number of carbonyl (C=O) groups excluding carboxylic acids is 2. The number of hydrogen-bond acceptors (Lipinski definition) is 7. The summed E-state index contributed by atoms with van der Waals surface area (Å²) in [4.78, 5) is 27.2. The Kier molecular flexibility index (Phi) is 9.48. The van der Waals surface area contributed by atoms with E-state index in [0.29, 0.717) is 71.8 Å². The van der Waals surface area contributed by atoms with Gasteiger partial charge in [0.05, 0.1) is 6.61 Å². The van der Waals surface area contributed by atoms with Crippen molar-refractivity contribution in [2.45, 2.75) is 50.7 Å². The van der Waals surface area contributed by atoms with Gasteiger partial charge in [-0.3, -0.25) is 4.79 Å². The van der Waals surface area contributed by atoms with Crippen LogP contribution in [0.15, 0.2) is 109 Å². The second kappa shape index (κ2) is 13.6. The van der Waals surface area contributed by atoms with Crippen molar-refractivity contribution < 1.29 is 28.9 Å². The molecule has 2 aliphatic rings. The summed E-state index contributed by atoms with van der Waals surface area (Å²) in [6.07, 6.45) is 2.11. The van der Waals surface area contributed by atoms with Crippen LogP contribution in [0.25, 0.3) is 11.1 Å². The molecule has 2 atom stereocenters. The third-order valence-electron chi connectivity index (χ3n) is 9.15. The summed E-state index contributed by atoms with van der Waals surface area (Å²) in [6.45, 7) is 11.8. The molecule has 48 heavy (non-hydrogen) atoms. The van der Waals surface area contributed by atoms with E-state index in [-0.39, 0.29) is 18.0 Å². The second-order valence-corrected chi connectivity index (χ2v) is 13.1. The molecule has 2 unspecified atom stereocenters. The SMILES string of the molecule is C=C(C)COC1(CCCO)c2ccccc2Oc2ccc(-c3ccc4c(c3)C(CCCS)(OC(=O)C(=C)C)c3ccccc3C4=O)cc21. The lowest BCUT2D eigenvalue weighted by Gasteiger charge is -2.41. The highest BCUT2D eigenvalue weighted by Gasteiger charge is 2.47. The van der Waals surface area contributed by atoms with Crippen LogP contribution < -0.4 is 4.74 Å². The van der Waals surface area contributed by atoms with Crippen LogP contribution in [-0.4, -0.2) is 35.8 Å². The van der Waals surface area contributed by atoms with E-state index in [2.05, 4.69) is 31.9 Å². The molecule has 0 spiro atoms. The van der Waals surface area contributed by atoms with Crippen molar-refractivity contribution in [2.24, 2.45) is 0 Å². The molecule has 246 valence electrons. The first kappa shape index (κ1) is 33.5. The molecule has 4 aromatic rings. The summed E-state index contributed by atoms with van der Waals surface area (Å²) < 4.78 is 19.6. The maximum atomic E-state index is 13.9. The number of aliphatic hydroxyl groups excluding tert-OH is 1. The van der Waals surface area contributed by atoms with Gasteiger partial charge in [0.1, 0.15) is 17.1 Å². The standard InChI is InChI=1S/C41H40O6S/c1-26(2)25-45-40(19-9-21-42)33-13-7-8-14-36(33)46-37-18-16-29(24-35(37)40)28-15-17-31-34(23-28)41(20-10-22-48,47-39(44)27(3)4)32-12-6-5-11-30(32)38(31)43/h5-8,11-18,23-24,42,48H,1,3,9-10,19-22,25H2,2,4H3.